The van der Waals surface area contributed by atoms with Crippen LogP contribution in [-0.4, -0.2) is 24.5 Å². The van der Waals surface area contributed by atoms with Gasteiger partial charge in [0.1, 0.15) is 0 Å². The fourth-order valence-corrected chi connectivity index (χ4v) is 5.92. The normalized spacial score (nSPS) is 11.0. The third-order valence-corrected chi connectivity index (χ3v) is 8.94. The van der Waals surface area contributed by atoms with Gasteiger partial charge in [0, 0.05) is 0 Å². The molecule has 0 spiro atoms. The van der Waals surface area contributed by atoms with E-state index in [-0.39, 0.29) is 0 Å². The van der Waals surface area contributed by atoms with Gasteiger partial charge in [-0.3, -0.25) is 0 Å². The molecule has 0 aliphatic heterocycles. The van der Waals surface area contributed by atoms with Gasteiger partial charge in [-0.25, -0.2) is 0 Å². The van der Waals surface area contributed by atoms with Crippen LogP contribution in [0.15, 0.2) is 0 Å². The molecule has 0 saturated heterocycles. The Labute approximate surface area is 310 Å². The maximum absolute atomic E-state index is 2.77. The lowest BCUT2D eigenvalue weighted by atomic mass is 10.0. The second-order valence-corrected chi connectivity index (χ2v) is 16.4. The summed E-state index contributed by atoms with van der Waals surface area (Å²) in [7, 11) is 0. The number of rotatable bonds is 34. The zero-order chi connectivity index (χ0) is 36.8. The zero-order valence-corrected chi connectivity index (χ0v) is 36.7. The summed E-state index contributed by atoms with van der Waals surface area (Å²) in [6.07, 6.45) is 46.2. The molecule has 0 aliphatic rings. The van der Waals surface area contributed by atoms with Crippen LogP contribution in [-0.2, 0) is 0 Å². The molecule has 1 heteroatoms. The van der Waals surface area contributed by atoms with E-state index in [1.165, 1.54) is 225 Å². The minimum absolute atomic E-state index is 0.500. The maximum atomic E-state index is 2.77. The molecule has 0 fully saturated rings. The van der Waals surface area contributed by atoms with Crippen LogP contribution in [0.2, 0.25) is 0 Å². The summed E-state index contributed by atoms with van der Waals surface area (Å²) in [6, 6.07) is 0. The van der Waals surface area contributed by atoms with Crippen molar-refractivity contribution < 1.29 is 0 Å². The Hall–Kier alpha value is -0.0400. The molecule has 0 heterocycles. The van der Waals surface area contributed by atoms with E-state index >= 15 is 0 Å². The minimum Gasteiger partial charge on any atom is -0.303 e. The largest absolute Gasteiger partial charge is 0.303 e. The number of nitrogens with zero attached hydrogens (tertiary/aromatic N) is 1. The Balaban J connectivity index is -0.000000398. The van der Waals surface area contributed by atoms with Crippen molar-refractivity contribution in [3.8, 4) is 0 Å². The van der Waals surface area contributed by atoms with Crippen molar-refractivity contribution in [2.24, 2.45) is 5.41 Å². The summed E-state index contributed by atoms with van der Waals surface area (Å²) in [5.41, 5.74) is 0.500. The molecule has 0 aromatic rings. The van der Waals surface area contributed by atoms with Crippen LogP contribution >= 0.6 is 0 Å². The molecule has 0 aromatic carbocycles. The Kier molecular flexibility index (Phi) is 58.5. The monoisotopic (exact) mass is 682 g/mol. The van der Waals surface area contributed by atoms with Gasteiger partial charge in [0.2, 0.25) is 0 Å². The van der Waals surface area contributed by atoms with Crippen molar-refractivity contribution in [3.63, 3.8) is 0 Å². The highest BCUT2D eigenvalue weighted by atomic mass is 15.1. The lowest BCUT2D eigenvalue weighted by Crippen LogP contribution is -2.27. The van der Waals surface area contributed by atoms with E-state index in [2.05, 4.69) is 67.2 Å². The summed E-state index contributed by atoms with van der Waals surface area (Å²) in [5, 5.41) is 0. The highest BCUT2D eigenvalue weighted by Crippen LogP contribution is 2.14. The molecule has 0 aromatic heterocycles. The first-order valence-corrected chi connectivity index (χ1v) is 23.0. The van der Waals surface area contributed by atoms with Crippen molar-refractivity contribution in [1.29, 1.82) is 0 Å². The zero-order valence-electron chi connectivity index (χ0n) is 36.7. The summed E-state index contributed by atoms with van der Waals surface area (Å²) in [5.74, 6) is 0. The maximum Gasteiger partial charge on any atom is -0.00187 e. The van der Waals surface area contributed by atoms with Gasteiger partial charge in [-0.1, -0.05) is 262 Å². The van der Waals surface area contributed by atoms with Gasteiger partial charge in [0.15, 0.2) is 0 Å². The second kappa shape index (κ2) is 51.3. The average Bonchev–Trinajstić information content (AvgIpc) is 3.06. The van der Waals surface area contributed by atoms with Crippen LogP contribution in [0.3, 0.4) is 0 Å². The van der Waals surface area contributed by atoms with Crippen LogP contribution < -0.4 is 0 Å². The van der Waals surface area contributed by atoms with Crippen LogP contribution in [0.25, 0.3) is 0 Å². The third-order valence-electron chi connectivity index (χ3n) is 8.94. The molecule has 0 radical (unpaired) electrons. The minimum atomic E-state index is 0.500. The Bertz CT molecular complexity index is 462. The Morgan fingerprint density at radius 3 is 0.583 bits per heavy atom. The molecule has 0 N–H and O–H groups in total. The molecule has 0 unspecified atom stereocenters. The van der Waals surface area contributed by atoms with Crippen molar-refractivity contribution in [2.75, 3.05) is 19.6 Å². The number of hydrogen-bond acceptors (Lipinski definition) is 1. The van der Waals surface area contributed by atoms with Crippen molar-refractivity contribution >= 4 is 0 Å². The van der Waals surface area contributed by atoms with E-state index in [0.717, 1.165) is 0 Å². The smallest absolute Gasteiger partial charge is 0.00187 e. The summed E-state index contributed by atoms with van der Waals surface area (Å²) in [4.78, 5) is 2.77. The van der Waals surface area contributed by atoms with Gasteiger partial charge in [0.25, 0.3) is 0 Å². The van der Waals surface area contributed by atoms with Crippen molar-refractivity contribution in [2.45, 2.75) is 282 Å². The summed E-state index contributed by atoms with van der Waals surface area (Å²) in [6.45, 7) is 28.3. The lowest BCUT2D eigenvalue weighted by molar-refractivity contribution is 0.256. The van der Waals surface area contributed by atoms with Crippen molar-refractivity contribution in [1.82, 2.24) is 4.90 Å². The van der Waals surface area contributed by atoms with Gasteiger partial charge < -0.3 is 4.90 Å². The predicted octanol–water partition coefficient (Wildman–Crippen LogP) is 17.9. The third kappa shape index (κ3) is 68.0. The fourth-order valence-electron chi connectivity index (χ4n) is 5.92. The van der Waals surface area contributed by atoms with Crippen LogP contribution in [0.4, 0.5) is 0 Å². The van der Waals surface area contributed by atoms with Crippen LogP contribution in [0.1, 0.15) is 282 Å². The summed E-state index contributed by atoms with van der Waals surface area (Å²) >= 11 is 0. The van der Waals surface area contributed by atoms with E-state index in [0.29, 0.717) is 5.41 Å². The van der Waals surface area contributed by atoms with E-state index in [1.54, 1.807) is 0 Å². The molecule has 0 amide bonds. The first-order valence-electron chi connectivity index (χ1n) is 23.0. The molecular weight excluding hydrogens is 579 g/mol. The average molecular weight is 682 g/mol. The highest BCUT2D eigenvalue weighted by Gasteiger charge is 2.04. The van der Waals surface area contributed by atoms with Gasteiger partial charge >= 0.3 is 0 Å². The standard InChI is InChI=1S/C27H57N.C13H28.C5H12.C2H6/c1-4-7-10-12-14-16-18-20-22-24-27-28(25-9-6-3)26-23-21-19-17-15-13-11-8-5-2;1-3-5-7-9-11-13-12-10-8-6-4-2;1-5(2,3)4;1-2/h4-27H2,1-3H3;3-13H2,1-2H3;1-4H3;1-2H3. The first-order chi connectivity index (χ1) is 23.3. The van der Waals surface area contributed by atoms with E-state index < -0.39 is 0 Å². The second-order valence-electron chi connectivity index (χ2n) is 16.4. The van der Waals surface area contributed by atoms with Gasteiger partial charge in [-0.2, -0.15) is 0 Å². The Morgan fingerprint density at radius 1 is 0.250 bits per heavy atom. The van der Waals surface area contributed by atoms with Gasteiger partial charge in [-0.15, -0.1) is 0 Å². The molecular formula is C47H103N. The van der Waals surface area contributed by atoms with Gasteiger partial charge in [0.05, 0.1) is 0 Å². The molecule has 0 atom stereocenters. The number of hydrogen-bond donors (Lipinski definition) is 0. The molecule has 0 saturated carbocycles. The quantitative estimate of drug-likeness (QED) is 0.0611. The Morgan fingerprint density at radius 2 is 0.396 bits per heavy atom. The van der Waals surface area contributed by atoms with E-state index in [9.17, 15) is 0 Å². The lowest BCUT2D eigenvalue weighted by Gasteiger charge is -2.22. The molecule has 48 heavy (non-hydrogen) atoms. The van der Waals surface area contributed by atoms with E-state index in [1.807, 2.05) is 13.8 Å². The SMILES string of the molecule is CC.CC(C)(C)C.CCCCCCCCCCCCC.CCCCCCCCCCCCN(CCCC)CCCCCCCCCCC. The summed E-state index contributed by atoms with van der Waals surface area (Å²) < 4.78 is 0. The van der Waals surface area contributed by atoms with Gasteiger partial charge in [-0.05, 0) is 44.3 Å². The van der Waals surface area contributed by atoms with Crippen LogP contribution in [0.5, 0.6) is 0 Å². The van der Waals surface area contributed by atoms with Crippen molar-refractivity contribution in [3.05, 3.63) is 0 Å². The topological polar surface area (TPSA) is 3.24 Å². The molecule has 0 rings (SSSR count). The fraction of sp³-hybridized carbons (Fsp3) is 1.00. The number of unbranched alkanes of at least 4 members (excludes halogenated alkanes) is 28. The molecule has 296 valence electrons. The van der Waals surface area contributed by atoms with Crippen LogP contribution in [0, 0.1) is 5.41 Å². The molecule has 0 aliphatic carbocycles. The van der Waals surface area contributed by atoms with E-state index in [4.69, 9.17) is 0 Å². The first kappa shape index (κ1) is 54.7. The predicted molar refractivity (Wildman–Crippen MR) is 229 cm³/mol. The molecule has 1 nitrogen and oxygen atoms in total. The highest BCUT2D eigenvalue weighted by molar-refractivity contribution is 4.60. The molecule has 0 bridgehead atoms.